The number of unbranched alkanes of at least 4 members (excludes halogenated alkanes) is 24. The van der Waals surface area contributed by atoms with Gasteiger partial charge in [-0.05, 0) is 12.8 Å². The maximum absolute atomic E-state index is 13.5. The van der Waals surface area contributed by atoms with Crippen molar-refractivity contribution in [3.05, 3.63) is 0 Å². The largest absolute Gasteiger partial charge is 0.326 e. The number of quaternary nitrogens is 2. The van der Waals surface area contributed by atoms with Crippen molar-refractivity contribution in [2.45, 2.75) is 200 Å². The molecule has 0 amide bonds. The topological polar surface area (TPSA) is 34.1 Å². The molecule has 0 rings (SSSR count). The van der Waals surface area contributed by atoms with Gasteiger partial charge in [0.25, 0.3) is 0 Å². The van der Waals surface area contributed by atoms with Crippen LogP contribution in [-0.4, -0.2) is 75.4 Å². The van der Waals surface area contributed by atoms with E-state index in [-0.39, 0.29) is 5.92 Å². The molecule has 0 spiro atoms. The minimum Gasteiger partial charge on any atom is -0.326 e. The maximum Gasteiger partial charge on any atom is 0.142 e. The normalized spacial score (nSPS) is 12.9. The van der Waals surface area contributed by atoms with Crippen LogP contribution in [0, 0.1) is 5.92 Å². The number of Topliss-reactive ketones (excluding diaryl/α,β-unsaturated/α-hetero) is 2. The zero-order valence-electron chi connectivity index (χ0n) is 32.9. The van der Waals surface area contributed by atoms with E-state index >= 15 is 0 Å². The number of carbonyl (C=O) groups excluding carboxylic acids is 2. The van der Waals surface area contributed by atoms with Crippen molar-refractivity contribution in [2.75, 3.05) is 54.9 Å². The molecule has 0 aliphatic heterocycles. The minimum atomic E-state index is -0.116. The summed E-state index contributed by atoms with van der Waals surface area (Å²) in [5.41, 5.74) is 0. The second kappa shape index (κ2) is 30.3. The second-order valence-corrected chi connectivity index (χ2v) is 16.7. The number of hydrogen-bond donors (Lipinski definition) is 0. The molecule has 0 aromatic heterocycles. The highest BCUT2D eigenvalue weighted by Gasteiger charge is 2.30. The Hall–Kier alpha value is -0.740. The highest BCUT2D eigenvalue weighted by Crippen LogP contribution is 2.20. The van der Waals surface area contributed by atoms with E-state index in [1.165, 1.54) is 141 Å². The molecule has 0 saturated heterocycles. The molecule has 0 aliphatic rings. The van der Waals surface area contributed by atoms with Gasteiger partial charge in [0.1, 0.15) is 24.7 Å². The molecule has 0 heterocycles. The molecule has 0 unspecified atom stereocenters. The van der Waals surface area contributed by atoms with Crippen molar-refractivity contribution in [3.8, 4) is 0 Å². The standard InChI is InChI=1S/C42H86N2O2/c1-8-10-12-14-16-18-20-22-24-26-28-30-32-34-41(45)38-40(39-44(6,7)37-36-43(3,4)5)42(46)35-33-31-29-27-25-23-21-19-17-15-13-11-9-2/h40H,8-39H2,1-7H3/q+2/t40-/m0/s1. The molecule has 0 aliphatic carbocycles. The number of carbonyl (C=O) groups is 2. The van der Waals surface area contributed by atoms with Gasteiger partial charge in [-0.1, -0.05) is 168 Å². The van der Waals surface area contributed by atoms with E-state index in [2.05, 4.69) is 49.1 Å². The zero-order valence-corrected chi connectivity index (χ0v) is 32.9. The van der Waals surface area contributed by atoms with E-state index in [0.717, 1.165) is 54.3 Å². The zero-order chi connectivity index (χ0) is 34.4. The fourth-order valence-electron chi connectivity index (χ4n) is 6.78. The quantitative estimate of drug-likeness (QED) is 0.0499. The molecule has 274 valence electrons. The molecule has 0 saturated carbocycles. The minimum absolute atomic E-state index is 0.116. The van der Waals surface area contributed by atoms with Crippen molar-refractivity contribution >= 4 is 11.6 Å². The maximum atomic E-state index is 13.5. The van der Waals surface area contributed by atoms with Gasteiger partial charge in [0.15, 0.2) is 0 Å². The summed E-state index contributed by atoms with van der Waals surface area (Å²) in [7, 11) is 11.2. The van der Waals surface area contributed by atoms with E-state index in [1.807, 2.05) is 0 Å². The molecular formula is C42H86N2O2+2. The first kappa shape index (κ1) is 45.3. The lowest BCUT2D eigenvalue weighted by Gasteiger charge is -2.35. The van der Waals surface area contributed by atoms with E-state index in [0.29, 0.717) is 30.8 Å². The third kappa shape index (κ3) is 31.8. The van der Waals surface area contributed by atoms with Crippen molar-refractivity contribution in [3.63, 3.8) is 0 Å². The Labute approximate surface area is 290 Å². The summed E-state index contributed by atoms with van der Waals surface area (Å²) in [5.74, 6) is 0.547. The van der Waals surface area contributed by atoms with Crippen LogP contribution >= 0.6 is 0 Å². The van der Waals surface area contributed by atoms with Crippen molar-refractivity contribution in [1.82, 2.24) is 0 Å². The SMILES string of the molecule is CCCCCCCCCCCCCCCC(=O)C[C@@H](C[N+](C)(C)CC[N+](C)(C)C)C(=O)CCCCCCCCCCCCCCC. The highest BCUT2D eigenvalue weighted by atomic mass is 16.1. The van der Waals surface area contributed by atoms with Crippen molar-refractivity contribution in [2.24, 2.45) is 5.92 Å². The van der Waals surface area contributed by atoms with E-state index in [1.54, 1.807) is 0 Å². The number of rotatable bonds is 36. The molecule has 1 atom stereocenters. The van der Waals surface area contributed by atoms with Crippen LogP contribution < -0.4 is 0 Å². The Bertz CT molecular complexity index is 696. The summed E-state index contributed by atoms with van der Waals surface area (Å²) < 4.78 is 1.74. The fourth-order valence-corrected chi connectivity index (χ4v) is 6.78. The third-order valence-corrected chi connectivity index (χ3v) is 10.1. The van der Waals surface area contributed by atoms with Crippen molar-refractivity contribution in [1.29, 1.82) is 0 Å². The molecule has 0 aromatic rings. The second-order valence-electron chi connectivity index (χ2n) is 16.7. The summed E-state index contributed by atoms with van der Waals surface area (Å²) in [6.07, 6.45) is 36.2. The van der Waals surface area contributed by atoms with Gasteiger partial charge in [-0.15, -0.1) is 0 Å². The van der Waals surface area contributed by atoms with Gasteiger partial charge >= 0.3 is 0 Å². The molecular weight excluding hydrogens is 564 g/mol. The van der Waals surface area contributed by atoms with Gasteiger partial charge in [-0.3, -0.25) is 9.59 Å². The molecule has 0 fully saturated rings. The molecule has 0 bridgehead atoms. The van der Waals surface area contributed by atoms with E-state index < -0.39 is 0 Å². The number of likely N-dealkylation sites (N-methyl/N-ethyl adjacent to an activating group) is 2. The van der Waals surface area contributed by atoms with Gasteiger partial charge < -0.3 is 8.97 Å². The molecule has 4 heteroatoms. The van der Waals surface area contributed by atoms with Crippen LogP contribution in [0.15, 0.2) is 0 Å². The lowest BCUT2D eigenvalue weighted by Crippen LogP contribution is -2.52. The van der Waals surface area contributed by atoms with Gasteiger partial charge in [0.2, 0.25) is 0 Å². The first-order valence-electron chi connectivity index (χ1n) is 20.7. The lowest BCUT2D eigenvalue weighted by molar-refractivity contribution is -0.938. The molecule has 0 radical (unpaired) electrons. The molecule has 4 nitrogen and oxygen atoms in total. The first-order chi connectivity index (χ1) is 22.0. The van der Waals surface area contributed by atoms with Crippen LogP contribution in [0.4, 0.5) is 0 Å². The van der Waals surface area contributed by atoms with E-state index in [9.17, 15) is 9.59 Å². The summed E-state index contributed by atoms with van der Waals surface area (Å²) in [6, 6.07) is 0. The van der Waals surface area contributed by atoms with Crippen LogP contribution in [0.5, 0.6) is 0 Å². The van der Waals surface area contributed by atoms with Gasteiger partial charge in [-0.2, -0.15) is 0 Å². The Kier molecular flexibility index (Phi) is 29.8. The predicted octanol–water partition coefficient (Wildman–Crippen LogP) is 11.9. The van der Waals surface area contributed by atoms with Crippen LogP contribution in [0.25, 0.3) is 0 Å². The monoisotopic (exact) mass is 651 g/mol. The Morgan fingerprint density at radius 3 is 1.11 bits per heavy atom. The Morgan fingerprint density at radius 1 is 0.435 bits per heavy atom. The predicted molar refractivity (Wildman–Crippen MR) is 203 cm³/mol. The summed E-state index contributed by atoms with van der Waals surface area (Å²) >= 11 is 0. The number of nitrogens with zero attached hydrogens (tertiary/aromatic N) is 2. The number of ketones is 2. The van der Waals surface area contributed by atoms with Crippen LogP contribution in [0.1, 0.15) is 200 Å². The van der Waals surface area contributed by atoms with Crippen LogP contribution in [0.3, 0.4) is 0 Å². The van der Waals surface area contributed by atoms with E-state index in [4.69, 9.17) is 0 Å². The summed E-state index contributed by atoms with van der Waals surface area (Å²) in [5, 5.41) is 0. The average Bonchev–Trinajstić information content (AvgIpc) is 3.00. The molecule has 0 N–H and O–H groups in total. The third-order valence-electron chi connectivity index (χ3n) is 10.1. The average molecular weight is 651 g/mol. The lowest BCUT2D eigenvalue weighted by atomic mass is 9.91. The first-order valence-corrected chi connectivity index (χ1v) is 20.7. The van der Waals surface area contributed by atoms with Gasteiger partial charge in [-0.25, -0.2) is 0 Å². The van der Waals surface area contributed by atoms with Crippen LogP contribution in [0.2, 0.25) is 0 Å². The summed E-state index contributed by atoms with van der Waals surface area (Å²) in [4.78, 5) is 26.6. The van der Waals surface area contributed by atoms with Crippen molar-refractivity contribution < 1.29 is 18.6 Å². The number of hydrogen-bond acceptors (Lipinski definition) is 2. The van der Waals surface area contributed by atoms with Crippen LogP contribution in [-0.2, 0) is 9.59 Å². The van der Waals surface area contributed by atoms with Gasteiger partial charge in [0.05, 0.1) is 47.7 Å². The van der Waals surface area contributed by atoms with Gasteiger partial charge in [0, 0.05) is 19.3 Å². The molecule has 0 aromatic carbocycles. The molecule has 46 heavy (non-hydrogen) atoms. The fraction of sp³-hybridized carbons (Fsp3) is 0.952. The summed E-state index contributed by atoms with van der Waals surface area (Å²) in [6.45, 7) is 7.46. The highest BCUT2D eigenvalue weighted by molar-refractivity contribution is 5.88. The Morgan fingerprint density at radius 2 is 0.761 bits per heavy atom. The Balaban J connectivity index is 4.36. The smallest absolute Gasteiger partial charge is 0.142 e.